The van der Waals surface area contributed by atoms with Gasteiger partial charge in [-0.3, -0.25) is 9.69 Å². The monoisotopic (exact) mass is 507 g/mol. The van der Waals surface area contributed by atoms with Gasteiger partial charge in [0, 0.05) is 23.9 Å². The zero-order valence-corrected chi connectivity index (χ0v) is 20.2. The smallest absolute Gasteiger partial charge is 0.257 e. The fourth-order valence-corrected chi connectivity index (χ4v) is 4.19. The predicted octanol–water partition coefficient (Wildman–Crippen LogP) is 6.27. The van der Waals surface area contributed by atoms with Gasteiger partial charge in [0.1, 0.15) is 18.1 Å². The molecule has 1 saturated heterocycles. The van der Waals surface area contributed by atoms with E-state index in [2.05, 4.69) is 15.4 Å². The molecule has 0 unspecified atom stereocenters. The number of nitrogens with zero attached hydrogens (tertiary/aromatic N) is 2. The third-order valence-electron chi connectivity index (χ3n) is 5.47. The first-order valence-electron chi connectivity index (χ1n) is 10.8. The van der Waals surface area contributed by atoms with Gasteiger partial charge >= 0.3 is 0 Å². The zero-order chi connectivity index (χ0) is 23.2. The fraction of sp³-hybridized carbons (Fsp3) is 0.333. The number of alkyl halides is 2. The molecule has 4 rings (SSSR count). The summed E-state index contributed by atoms with van der Waals surface area (Å²) in [5.74, 6) is 0.681. The van der Waals surface area contributed by atoms with Gasteiger partial charge in [0.05, 0.1) is 10.6 Å². The van der Waals surface area contributed by atoms with Crippen LogP contribution in [0.25, 0.3) is 22.6 Å². The van der Waals surface area contributed by atoms with Crippen molar-refractivity contribution < 1.29 is 14.1 Å². The number of likely N-dealkylation sites (tertiary alicyclic amines) is 1. The highest BCUT2D eigenvalue weighted by Crippen LogP contribution is 2.38. The fourth-order valence-electron chi connectivity index (χ4n) is 3.82. The van der Waals surface area contributed by atoms with Gasteiger partial charge in [-0.2, -0.15) is 0 Å². The van der Waals surface area contributed by atoms with Crippen LogP contribution in [-0.2, 0) is 4.79 Å². The summed E-state index contributed by atoms with van der Waals surface area (Å²) in [6.45, 7) is 3.69. The Hall–Kier alpha value is -2.25. The molecule has 174 valence electrons. The first-order valence-corrected chi connectivity index (χ1v) is 12.1. The van der Waals surface area contributed by atoms with Gasteiger partial charge in [0.2, 0.25) is 0 Å². The quantitative estimate of drug-likeness (QED) is 0.363. The third kappa shape index (κ3) is 6.21. The Labute approximate surface area is 207 Å². The van der Waals surface area contributed by atoms with Gasteiger partial charge in [0.15, 0.2) is 10.6 Å². The molecular weight excluding hydrogens is 485 g/mol. The number of nitrogens with one attached hydrogen (secondary N) is 1. The molecule has 2 heterocycles. The second-order valence-electron chi connectivity index (χ2n) is 7.81. The van der Waals surface area contributed by atoms with Crippen molar-refractivity contribution in [2.45, 2.75) is 24.1 Å². The summed E-state index contributed by atoms with van der Waals surface area (Å²) in [5, 5.41) is 7.40. The molecule has 0 saturated carbocycles. The second-order valence-corrected chi connectivity index (χ2v) is 9.31. The van der Waals surface area contributed by atoms with Crippen LogP contribution in [0.1, 0.15) is 19.3 Å². The molecule has 0 bridgehead atoms. The maximum Gasteiger partial charge on any atom is 0.257 e. The van der Waals surface area contributed by atoms with Gasteiger partial charge in [-0.05, 0) is 50.2 Å². The molecule has 9 heteroatoms. The molecule has 2 aromatic carbocycles. The zero-order valence-electron chi connectivity index (χ0n) is 17.9. The standard InChI is InChI=1S/C24H24Cl3N3O3/c25-18-8-5-9-20(32-13-12-30-10-2-1-3-11-30)22(18)19-15-21(33-29-19)16-6-4-7-17(14-16)28-24(31)23(26)27/h4-9,14-15,23H,1-3,10-13H2,(H,28,31). The Morgan fingerprint density at radius 1 is 1.12 bits per heavy atom. The molecule has 1 amide bonds. The average molecular weight is 509 g/mol. The van der Waals surface area contributed by atoms with Gasteiger partial charge in [-0.25, -0.2) is 0 Å². The number of hydrogen-bond acceptors (Lipinski definition) is 5. The van der Waals surface area contributed by atoms with Crippen molar-refractivity contribution in [3.8, 4) is 28.3 Å². The maximum absolute atomic E-state index is 11.8. The molecule has 33 heavy (non-hydrogen) atoms. The SMILES string of the molecule is O=C(Nc1cccc(-c2cc(-c3c(Cl)cccc3OCCN3CCCCC3)no2)c1)C(Cl)Cl. The predicted molar refractivity (Wildman–Crippen MR) is 132 cm³/mol. The Morgan fingerprint density at radius 3 is 2.70 bits per heavy atom. The van der Waals surface area contributed by atoms with Crippen LogP contribution in [0.2, 0.25) is 5.02 Å². The number of aromatic nitrogens is 1. The molecule has 1 aliphatic heterocycles. The number of amides is 1. The Bertz CT molecular complexity index is 1100. The van der Waals surface area contributed by atoms with E-state index < -0.39 is 10.7 Å². The maximum atomic E-state index is 11.8. The highest BCUT2D eigenvalue weighted by molar-refractivity contribution is 6.54. The number of carbonyl (C=O) groups is 1. The van der Waals surface area contributed by atoms with Crippen LogP contribution in [0, 0.1) is 0 Å². The lowest BCUT2D eigenvalue weighted by Gasteiger charge is -2.26. The van der Waals surface area contributed by atoms with Crippen molar-refractivity contribution in [3.05, 3.63) is 53.6 Å². The van der Waals surface area contributed by atoms with Gasteiger partial charge < -0.3 is 14.6 Å². The summed E-state index contributed by atoms with van der Waals surface area (Å²) in [4.78, 5) is 13.0. The largest absolute Gasteiger partial charge is 0.491 e. The highest BCUT2D eigenvalue weighted by Gasteiger charge is 2.18. The Morgan fingerprint density at radius 2 is 1.91 bits per heavy atom. The van der Waals surface area contributed by atoms with E-state index in [4.69, 9.17) is 44.1 Å². The van der Waals surface area contributed by atoms with Crippen LogP contribution < -0.4 is 10.1 Å². The number of benzene rings is 2. The molecular formula is C24H24Cl3N3O3. The van der Waals surface area contributed by atoms with Crippen LogP contribution >= 0.6 is 34.8 Å². The van der Waals surface area contributed by atoms with E-state index in [1.807, 2.05) is 18.2 Å². The van der Waals surface area contributed by atoms with Crippen LogP contribution in [0.15, 0.2) is 53.1 Å². The molecule has 0 atom stereocenters. The molecule has 1 fully saturated rings. The molecule has 0 aliphatic carbocycles. The molecule has 1 aromatic heterocycles. The minimum atomic E-state index is -1.15. The van der Waals surface area contributed by atoms with Crippen molar-refractivity contribution in [3.63, 3.8) is 0 Å². The average Bonchev–Trinajstić information content (AvgIpc) is 3.30. The number of rotatable bonds is 8. The van der Waals surface area contributed by atoms with Gasteiger partial charge in [-0.1, -0.05) is 64.6 Å². The van der Waals surface area contributed by atoms with Gasteiger partial charge in [-0.15, -0.1) is 0 Å². The van der Waals surface area contributed by atoms with E-state index in [0.717, 1.165) is 25.2 Å². The lowest BCUT2D eigenvalue weighted by molar-refractivity contribution is -0.114. The molecule has 1 aliphatic rings. The van der Waals surface area contributed by atoms with E-state index in [1.165, 1.54) is 19.3 Å². The summed E-state index contributed by atoms with van der Waals surface area (Å²) >= 11 is 17.7. The number of carbonyl (C=O) groups excluding carboxylic acids is 1. The number of piperidine rings is 1. The minimum absolute atomic E-state index is 0.504. The van der Waals surface area contributed by atoms with E-state index in [1.54, 1.807) is 30.3 Å². The van der Waals surface area contributed by atoms with Crippen molar-refractivity contribution >= 4 is 46.4 Å². The normalized spacial score (nSPS) is 14.4. The Kier molecular flexibility index (Phi) is 8.15. The van der Waals surface area contributed by atoms with Crippen LogP contribution in [0.4, 0.5) is 5.69 Å². The highest BCUT2D eigenvalue weighted by atomic mass is 35.5. The summed E-state index contributed by atoms with van der Waals surface area (Å²) in [6, 6.07) is 14.5. The molecule has 6 nitrogen and oxygen atoms in total. The Balaban J connectivity index is 1.51. The first kappa shape index (κ1) is 23.9. The van der Waals surface area contributed by atoms with Crippen molar-refractivity contribution in [2.75, 3.05) is 31.6 Å². The summed E-state index contributed by atoms with van der Waals surface area (Å²) < 4.78 is 11.7. The first-order chi connectivity index (χ1) is 16.0. The van der Waals surface area contributed by atoms with Crippen LogP contribution in [0.5, 0.6) is 5.75 Å². The van der Waals surface area contributed by atoms with Gasteiger partial charge in [0.25, 0.3) is 5.91 Å². The van der Waals surface area contributed by atoms with Crippen LogP contribution in [0.3, 0.4) is 0 Å². The lowest BCUT2D eigenvalue weighted by Crippen LogP contribution is -2.33. The van der Waals surface area contributed by atoms with Crippen LogP contribution in [-0.4, -0.2) is 47.0 Å². The number of anilines is 1. The number of hydrogen-bond donors (Lipinski definition) is 1. The molecule has 0 radical (unpaired) electrons. The topological polar surface area (TPSA) is 67.6 Å². The molecule has 1 N–H and O–H groups in total. The molecule has 0 spiro atoms. The second kappa shape index (κ2) is 11.3. The van der Waals surface area contributed by atoms with Crippen molar-refractivity contribution in [1.29, 1.82) is 0 Å². The minimum Gasteiger partial charge on any atom is -0.491 e. The summed E-state index contributed by atoms with van der Waals surface area (Å²) in [7, 11) is 0. The van der Waals surface area contributed by atoms with E-state index in [0.29, 0.717) is 40.1 Å². The summed E-state index contributed by atoms with van der Waals surface area (Å²) in [6.07, 6.45) is 3.79. The molecule has 3 aromatic rings. The number of ether oxygens (including phenoxy) is 1. The third-order valence-corrected chi connectivity index (χ3v) is 6.18. The van der Waals surface area contributed by atoms with E-state index in [9.17, 15) is 4.79 Å². The number of halogens is 3. The van der Waals surface area contributed by atoms with E-state index >= 15 is 0 Å². The van der Waals surface area contributed by atoms with Crippen molar-refractivity contribution in [1.82, 2.24) is 10.1 Å². The van der Waals surface area contributed by atoms with Crippen molar-refractivity contribution in [2.24, 2.45) is 0 Å². The lowest BCUT2D eigenvalue weighted by atomic mass is 10.1. The summed E-state index contributed by atoms with van der Waals surface area (Å²) in [5.41, 5.74) is 2.53. The van der Waals surface area contributed by atoms with E-state index in [-0.39, 0.29) is 0 Å².